The molecule has 2 aliphatic heterocycles. The molecule has 4 heterocycles. The molecule has 0 unspecified atom stereocenters. The lowest BCUT2D eigenvalue weighted by molar-refractivity contribution is -0.128. The number of fused-ring (bicyclic) bond motifs is 2. The van der Waals surface area contributed by atoms with Crippen molar-refractivity contribution >= 4 is 11.8 Å². The number of benzene rings is 2. The standard InChI is InChI=1S/C62H86F2N6O8/c1-37(2)75-57-55-45(29-43(67-57)31-59(5,6)7)49(33-61(77-55)23-11-24-61)65-35-51(71)47(27-39-13-17-41(63)18-14-39)69-53(73)21-22-54(74)70-48(28-40-15-19-42(64)20-16-40)52(72)36-66-50-34-62(25-12-26-62)78-56-46(50)30-44(32-60(8,9)10)68-58(56)76-38(3)4/h13-20,29-30,37-38,47-52,65-66,71-72H,11-12,21-28,31-36H2,1-10H3,(H,69,73)(H,70,74)/t47-,48-,49-,50+,51-,52-/m0/s1. The Bertz CT molecular complexity index is 2500. The maximum absolute atomic E-state index is 14.1. The van der Waals surface area contributed by atoms with Gasteiger partial charge < -0.3 is 50.4 Å². The fourth-order valence-electron chi connectivity index (χ4n) is 11.3. The summed E-state index contributed by atoms with van der Waals surface area (Å²) < 4.78 is 54.3. The highest BCUT2D eigenvalue weighted by Gasteiger charge is 2.49. The van der Waals surface area contributed by atoms with E-state index in [1.165, 1.54) is 24.3 Å². The molecule has 2 saturated carbocycles. The summed E-state index contributed by atoms with van der Waals surface area (Å²) in [6.45, 7) is 21.1. The van der Waals surface area contributed by atoms with Crippen LogP contribution in [-0.2, 0) is 35.3 Å². The summed E-state index contributed by atoms with van der Waals surface area (Å²) >= 11 is 0. The second kappa shape index (κ2) is 24.5. The summed E-state index contributed by atoms with van der Waals surface area (Å²) in [5, 5.41) is 37.3. The predicted octanol–water partition coefficient (Wildman–Crippen LogP) is 9.84. The van der Waals surface area contributed by atoms with E-state index in [4.69, 9.17) is 28.9 Å². The summed E-state index contributed by atoms with van der Waals surface area (Å²) in [4.78, 5) is 37.8. The number of nitrogens with zero attached hydrogens (tertiary/aromatic N) is 2. The van der Waals surface area contributed by atoms with E-state index in [9.17, 15) is 28.6 Å². The molecule has 2 spiro atoms. The van der Waals surface area contributed by atoms with Crippen LogP contribution in [0, 0.1) is 22.5 Å². The molecule has 2 fully saturated rings. The van der Waals surface area contributed by atoms with Crippen molar-refractivity contribution in [2.45, 2.75) is 219 Å². The van der Waals surface area contributed by atoms with Crippen LogP contribution < -0.4 is 40.2 Å². The highest BCUT2D eigenvalue weighted by atomic mass is 19.1. The zero-order chi connectivity index (χ0) is 56.2. The van der Waals surface area contributed by atoms with Gasteiger partial charge in [-0.15, -0.1) is 0 Å². The number of nitrogens with one attached hydrogen (secondary N) is 4. The fourth-order valence-corrected chi connectivity index (χ4v) is 11.3. The molecule has 0 radical (unpaired) electrons. The van der Waals surface area contributed by atoms with Crippen LogP contribution >= 0.6 is 0 Å². The predicted molar refractivity (Wildman–Crippen MR) is 297 cm³/mol. The smallest absolute Gasteiger partial charge is 0.257 e. The van der Waals surface area contributed by atoms with Gasteiger partial charge in [0.15, 0.2) is 11.5 Å². The molecule has 6 N–H and O–H groups in total. The molecule has 426 valence electrons. The van der Waals surface area contributed by atoms with E-state index in [2.05, 4.69) is 74.9 Å². The Labute approximate surface area is 461 Å². The van der Waals surface area contributed by atoms with Crippen molar-refractivity contribution in [2.75, 3.05) is 13.1 Å². The van der Waals surface area contributed by atoms with Gasteiger partial charge in [-0.25, -0.2) is 18.7 Å². The maximum Gasteiger partial charge on any atom is 0.257 e. The summed E-state index contributed by atoms with van der Waals surface area (Å²) in [6.07, 6.45) is 5.90. The number of aliphatic hydroxyl groups excluding tert-OH is 2. The van der Waals surface area contributed by atoms with E-state index < -0.39 is 47.7 Å². The van der Waals surface area contributed by atoms with Gasteiger partial charge in [-0.05, 0) is 150 Å². The lowest BCUT2D eigenvalue weighted by Gasteiger charge is -2.48. The van der Waals surface area contributed by atoms with Gasteiger partial charge in [0.25, 0.3) is 11.8 Å². The molecule has 2 aromatic carbocycles. The van der Waals surface area contributed by atoms with E-state index in [-0.39, 0.29) is 85.1 Å². The number of aromatic nitrogens is 2. The average molecular weight is 1080 g/mol. The maximum atomic E-state index is 14.1. The van der Waals surface area contributed by atoms with Crippen molar-refractivity contribution < 1.29 is 47.5 Å². The second-order valence-electron chi connectivity index (χ2n) is 25.7. The first kappa shape index (κ1) is 58.7. The van der Waals surface area contributed by atoms with Crippen LogP contribution in [0.3, 0.4) is 0 Å². The summed E-state index contributed by atoms with van der Waals surface area (Å²) in [5.74, 6) is 0.454. The molecular weight excluding hydrogens is 995 g/mol. The molecule has 0 bridgehead atoms. The normalized spacial score (nSPS) is 19.8. The summed E-state index contributed by atoms with van der Waals surface area (Å²) in [6, 6.07) is 14.0. The molecule has 78 heavy (non-hydrogen) atoms. The Morgan fingerprint density at radius 1 is 0.628 bits per heavy atom. The minimum absolute atomic E-state index is 0.0425. The molecule has 2 aromatic heterocycles. The van der Waals surface area contributed by atoms with Crippen molar-refractivity contribution in [3.8, 4) is 23.3 Å². The van der Waals surface area contributed by atoms with Crippen molar-refractivity contribution in [1.29, 1.82) is 0 Å². The van der Waals surface area contributed by atoms with Crippen LogP contribution in [0.4, 0.5) is 8.78 Å². The Hall–Kier alpha value is -5.42. The fraction of sp³-hybridized carbons (Fsp3) is 0.613. The lowest BCUT2D eigenvalue weighted by atomic mass is 9.73. The number of hydrogen-bond acceptors (Lipinski definition) is 12. The summed E-state index contributed by atoms with van der Waals surface area (Å²) in [7, 11) is 0. The third-order valence-electron chi connectivity index (χ3n) is 15.3. The van der Waals surface area contributed by atoms with Crippen LogP contribution in [0.1, 0.15) is 179 Å². The molecule has 8 rings (SSSR count). The number of halogens is 2. The van der Waals surface area contributed by atoms with Crippen LogP contribution in [0.15, 0.2) is 60.7 Å². The van der Waals surface area contributed by atoms with Gasteiger partial charge in [-0.2, -0.15) is 0 Å². The third kappa shape index (κ3) is 15.7. The van der Waals surface area contributed by atoms with Gasteiger partial charge in [0.2, 0.25) is 11.8 Å². The molecule has 16 heteroatoms. The Morgan fingerprint density at radius 2 is 0.987 bits per heavy atom. The number of aliphatic hydroxyl groups is 2. The van der Waals surface area contributed by atoms with Gasteiger partial charge >= 0.3 is 0 Å². The summed E-state index contributed by atoms with van der Waals surface area (Å²) in [5.41, 5.74) is 4.16. The number of carbonyl (C=O) groups is 2. The Kier molecular flexibility index (Phi) is 18.5. The van der Waals surface area contributed by atoms with Crippen LogP contribution in [0.5, 0.6) is 23.3 Å². The number of rotatable bonds is 23. The van der Waals surface area contributed by atoms with Crippen LogP contribution in [0.2, 0.25) is 0 Å². The molecule has 2 aliphatic carbocycles. The second-order valence-corrected chi connectivity index (χ2v) is 25.7. The van der Waals surface area contributed by atoms with Gasteiger partial charge in [-0.3, -0.25) is 9.59 Å². The molecular formula is C62H86F2N6O8. The molecule has 14 nitrogen and oxygen atoms in total. The highest BCUT2D eigenvalue weighted by molar-refractivity contribution is 5.84. The SMILES string of the molecule is CC(C)Oc1nc(CC(C)(C)C)cc2c1OC1(CCC1)C[C@@H]2NC[C@H](O)[C@H](Cc1ccc(F)cc1)NC(=O)CCC(=O)N[C@@H](Cc1ccc(F)cc1)[C@@H](O)CN[C@@H]1CC2(CCC2)Oc2c1cc(CC(C)(C)C)nc2OC(C)C. The monoisotopic (exact) mass is 1080 g/mol. The minimum Gasteiger partial charge on any atom is -0.481 e. The first-order valence-electron chi connectivity index (χ1n) is 28.5. The van der Waals surface area contributed by atoms with E-state index in [0.29, 0.717) is 60.1 Å². The molecule has 2 amide bonds. The minimum atomic E-state index is -1.10. The van der Waals surface area contributed by atoms with Crippen LogP contribution in [0.25, 0.3) is 0 Å². The highest BCUT2D eigenvalue weighted by Crippen LogP contribution is 2.53. The van der Waals surface area contributed by atoms with Gasteiger partial charge in [0, 0.05) is 73.4 Å². The van der Waals surface area contributed by atoms with E-state index >= 15 is 0 Å². The number of amides is 2. The van der Waals surface area contributed by atoms with Crippen molar-refractivity contribution in [2.24, 2.45) is 10.8 Å². The van der Waals surface area contributed by atoms with Gasteiger partial charge in [0.05, 0.1) is 36.5 Å². The van der Waals surface area contributed by atoms with E-state index in [0.717, 1.165) is 61.0 Å². The quantitative estimate of drug-likeness (QED) is 0.0414. The van der Waals surface area contributed by atoms with Crippen molar-refractivity contribution in [3.05, 3.63) is 106 Å². The van der Waals surface area contributed by atoms with Crippen LogP contribution in [-0.4, -0.2) is 92.8 Å². The zero-order valence-electron chi connectivity index (χ0n) is 47.7. The first-order chi connectivity index (χ1) is 36.8. The number of hydrogen-bond donors (Lipinski definition) is 6. The Balaban J connectivity index is 0.956. The van der Waals surface area contributed by atoms with Crippen molar-refractivity contribution in [1.82, 2.24) is 31.2 Å². The number of carbonyl (C=O) groups excluding carboxylic acids is 2. The van der Waals surface area contributed by atoms with Gasteiger partial charge in [-0.1, -0.05) is 65.8 Å². The molecule has 6 atom stereocenters. The average Bonchev–Trinajstić information content (AvgIpc) is 3.47. The molecule has 4 aromatic rings. The van der Waals surface area contributed by atoms with Crippen molar-refractivity contribution in [3.63, 3.8) is 0 Å². The number of ether oxygens (including phenoxy) is 4. The topological polar surface area (TPSA) is 185 Å². The van der Waals surface area contributed by atoms with E-state index in [1.807, 2.05) is 27.7 Å². The molecule has 4 aliphatic rings. The third-order valence-corrected chi connectivity index (χ3v) is 15.3. The largest absolute Gasteiger partial charge is 0.481 e. The molecule has 0 saturated heterocycles. The van der Waals surface area contributed by atoms with Gasteiger partial charge in [0.1, 0.15) is 22.8 Å². The number of pyridine rings is 2. The zero-order valence-corrected chi connectivity index (χ0v) is 47.7. The lowest BCUT2D eigenvalue weighted by Crippen LogP contribution is -2.53. The Morgan fingerprint density at radius 3 is 1.29 bits per heavy atom. The van der Waals surface area contributed by atoms with E-state index in [1.54, 1.807) is 24.3 Å². The first-order valence-corrected chi connectivity index (χ1v) is 28.5.